The minimum absolute atomic E-state index is 0.663. The highest BCUT2D eigenvalue weighted by molar-refractivity contribution is 5.74. The van der Waals surface area contributed by atoms with Gasteiger partial charge >= 0.3 is 0 Å². The van der Waals surface area contributed by atoms with Crippen molar-refractivity contribution in [3.63, 3.8) is 0 Å². The lowest BCUT2D eigenvalue weighted by Crippen LogP contribution is -2.75. The zero-order valence-electron chi connectivity index (χ0n) is 61.0. The number of carbonyl (C=O) groups excluding carboxylic acids is 4. The standard InChI is InChI=1S/C63H106N4O46/c1-15-29(64-16(2)76)38(85)48(24(10-72)98-15)107-57-32(67-19(5)79)54(95)63(96,28(13-75)106-57)113-60-47(94)51(110-62-53(44(91)36(83)23(9-71)102-62)112-56-31(66-18(4)78)40(87)50(26(12-74)104-56)109-59-46(93)42(89)34(81)21(7-69)100-59)37(84)27(105-60)14-97-61-52(43(90)35(82)22(8-70)101-61)111-55-30(65-17(3)77)39(86)49(25(11-73)103-55)108-58-45(92)41(88)33(80)20(6-68)99-58/h15,20-62,68-75,80-96H,6-14H2,1-5H3,(H,64,76)(H,65,77)(H,66,78)(H,67,79)/t15?,20?,21?,22?,23-,24?,25+,26?,27?,28?,29?,30?,31?,32?,33+,34+,35-,36-,37-,38-,39?,40-,41+,42+,43+,44?,45?,46?,47?,48-,49-,50-,51+,52?,53?,54-,55+,56+,57+,58+,59+,60+,61+,62-,63-/m1/s1. The van der Waals surface area contributed by atoms with E-state index in [1.54, 1.807) is 0 Å². The Bertz CT molecular complexity index is 3020. The van der Waals surface area contributed by atoms with E-state index in [0.29, 0.717) is 0 Å². The molecule has 0 aromatic heterocycles. The van der Waals surface area contributed by atoms with Gasteiger partial charge in [0.2, 0.25) is 29.4 Å². The molecule has 9 fully saturated rings. The summed E-state index contributed by atoms with van der Waals surface area (Å²) in [5.74, 6) is -7.18. The van der Waals surface area contributed by atoms with Crippen LogP contribution in [0.2, 0.25) is 0 Å². The van der Waals surface area contributed by atoms with Crippen LogP contribution in [0.15, 0.2) is 0 Å². The van der Waals surface area contributed by atoms with Gasteiger partial charge in [0.05, 0.1) is 71.6 Å². The van der Waals surface area contributed by atoms with Gasteiger partial charge in [-0.3, -0.25) is 19.2 Å². The lowest BCUT2D eigenvalue weighted by molar-refractivity contribution is -0.442. The molecule has 113 heavy (non-hydrogen) atoms. The Balaban J connectivity index is 1.06. The highest BCUT2D eigenvalue weighted by Gasteiger charge is 2.64. The molecule has 50 heteroatoms. The first-order chi connectivity index (χ1) is 53.4. The maximum Gasteiger partial charge on any atom is 0.226 e. The van der Waals surface area contributed by atoms with E-state index in [1.807, 2.05) is 0 Å². The molecular weight excluding hydrogens is 1550 g/mol. The topological polar surface area (TPSA) is 779 Å². The molecule has 0 aliphatic carbocycles. The first-order valence-corrected chi connectivity index (χ1v) is 36.1. The Kier molecular flexibility index (Phi) is 33.0. The van der Waals surface area contributed by atoms with E-state index >= 15 is 0 Å². The van der Waals surface area contributed by atoms with Crippen molar-refractivity contribution in [2.24, 2.45) is 0 Å². The average molecular weight is 1660 g/mol. The number of amides is 4. The van der Waals surface area contributed by atoms with E-state index in [0.717, 1.165) is 27.7 Å². The van der Waals surface area contributed by atoms with Crippen LogP contribution in [-0.2, 0) is 99.7 Å². The molecule has 0 radical (unpaired) electrons. The van der Waals surface area contributed by atoms with Gasteiger partial charge in [-0.05, 0) is 6.92 Å². The molecule has 0 aromatic rings. The maximum atomic E-state index is 13.0. The van der Waals surface area contributed by atoms with Gasteiger partial charge in [-0.1, -0.05) is 0 Å². The van der Waals surface area contributed by atoms with Crippen molar-refractivity contribution in [1.29, 1.82) is 0 Å². The van der Waals surface area contributed by atoms with Gasteiger partial charge in [0.25, 0.3) is 0 Å². The van der Waals surface area contributed by atoms with Crippen molar-refractivity contribution >= 4 is 23.6 Å². The SMILES string of the molecule is CC(=O)NC1C(O)[C@H](O[C@@H]2OC(CO)[C@H](O)[C@H](O)C2O)[C@H](CO)O[C@H]1OC1[C@@H](OCC2O[C@@H](O[C@]3(O)C(CO)O[C@@H](O[C@@H]4C(CO)OC(C)C(NC(C)=O)[C@H]4O)C(NC(C)=O)[C@H]3O)C(O)[C@@H](O[C@H]3O[C@H](CO)[C@@H](O)C(O)C3O[C@@H]3OC(CO)[C@@H](O[C@@H]4OC(CO)[C@H](O)[C@H](O)C4O)[C@H](O)C3NC(C)=O)[C@@H]2O)OC(CO)[C@@H](O)[C@@H]1O. The summed E-state index contributed by atoms with van der Waals surface area (Å²) in [7, 11) is 0. The summed E-state index contributed by atoms with van der Waals surface area (Å²) < 4.78 is 101. The van der Waals surface area contributed by atoms with Gasteiger partial charge in [0, 0.05) is 27.7 Å². The Labute approximate surface area is 640 Å². The van der Waals surface area contributed by atoms with E-state index in [1.165, 1.54) is 6.92 Å². The third-order valence-electron chi connectivity index (χ3n) is 20.8. The highest BCUT2D eigenvalue weighted by Crippen LogP contribution is 2.42. The van der Waals surface area contributed by atoms with Crippen molar-refractivity contribution in [2.75, 3.05) is 59.5 Å². The highest BCUT2D eigenvalue weighted by atomic mass is 16.8. The number of ether oxygens (including phenoxy) is 17. The van der Waals surface area contributed by atoms with Gasteiger partial charge in [-0.2, -0.15) is 0 Å². The Morgan fingerprint density at radius 1 is 0.292 bits per heavy atom. The molecule has 29 N–H and O–H groups in total. The van der Waals surface area contributed by atoms with Crippen molar-refractivity contribution in [3.8, 4) is 0 Å². The zero-order chi connectivity index (χ0) is 83.4. The molecule has 19 unspecified atom stereocenters. The van der Waals surface area contributed by atoms with Crippen LogP contribution in [0, 0.1) is 0 Å². The van der Waals surface area contributed by atoms with Crippen LogP contribution in [0.5, 0.6) is 0 Å². The summed E-state index contributed by atoms with van der Waals surface area (Å²) in [6.07, 6.45) is -83.9. The summed E-state index contributed by atoms with van der Waals surface area (Å²) in [6.45, 7) is -4.84. The molecule has 654 valence electrons. The minimum Gasteiger partial charge on any atom is -0.394 e. The van der Waals surface area contributed by atoms with Crippen LogP contribution in [0.3, 0.4) is 0 Å². The number of aliphatic hydroxyl groups excluding tert-OH is 24. The fourth-order valence-electron chi connectivity index (χ4n) is 14.7. The minimum atomic E-state index is -3.59. The Hall–Kier alpha value is -3.80. The molecule has 50 nitrogen and oxygen atoms in total. The fraction of sp³-hybridized carbons (Fsp3) is 0.937. The van der Waals surface area contributed by atoms with Crippen molar-refractivity contribution in [1.82, 2.24) is 21.3 Å². The Morgan fingerprint density at radius 3 is 1.03 bits per heavy atom. The molecule has 9 heterocycles. The molecule has 9 rings (SSSR count). The second kappa shape index (κ2) is 40.1. The average Bonchev–Trinajstić information content (AvgIpc) is 0.738. The maximum absolute atomic E-state index is 13.0. The molecule has 0 aromatic carbocycles. The van der Waals surface area contributed by atoms with Crippen LogP contribution in [-0.4, -0.2) is 486 Å². The molecular formula is C63H106N4O46. The first-order valence-electron chi connectivity index (χ1n) is 36.1. The number of rotatable bonds is 29. The van der Waals surface area contributed by atoms with Crippen LogP contribution in [0.1, 0.15) is 34.6 Å². The molecule has 0 spiro atoms. The second-order valence-electron chi connectivity index (χ2n) is 28.7. The van der Waals surface area contributed by atoms with Gasteiger partial charge in [-0.15, -0.1) is 0 Å². The Morgan fingerprint density at radius 2 is 0.611 bits per heavy atom. The molecule has 0 saturated carbocycles. The van der Waals surface area contributed by atoms with E-state index in [4.69, 9.17) is 80.5 Å². The predicted octanol–water partition coefficient (Wildman–Crippen LogP) is -19.7. The van der Waals surface area contributed by atoms with Gasteiger partial charge in [0.15, 0.2) is 50.3 Å². The third-order valence-corrected chi connectivity index (χ3v) is 20.8. The van der Waals surface area contributed by atoms with Crippen molar-refractivity contribution in [2.45, 2.75) is 310 Å². The molecule has 45 atom stereocenters. The van der Waals surface area contributed by atoms with Gasteiger partial charge in [0.1, 0.15) is 207 Å². The van der Waals surface area contributed by atoms with Crippen LogP contribution in [0.25, 0.3) is 0 Å². The van der Waals surface area contributed by atoms with Crippen LogP contribution >= 0.6 is 0 Å². The lowest BCUT2D eigenvalue weighted by atomic mass is 9.90. The summed E-state index contributed by atoms with van der Waals surface area (Å²) >= 11 is 0. The van der Waals surface area contributed by atoms with Crippen molar-refractivity contribution in [3.05, 3.63) is 0 Å². The van der Waals surface area contributed by atoms with Crippen molar-refractivity contribution < 1.29 is 227 Å². The number of carbonyl (C=O) groups is 4. The second-order valence-corrected chi connectivity index (χ2v) is 28.7. The van der Waals surface area contributed by atoms with Crippen LogP contribution < -0.4 is 21.3 Å². The number of hydrogen-bond acceptors (Lipinski definition) is 46. The lowest BCUT2D eigenvalue weighted by Gasteiger charge is -2.53. The number of hydrogen-bond donors (Lipinski definition) is 29. The number of nitrogens with one attached hydrogen (secondary N) is 4. The zero-order valence-corrected chi connectivity index (χ0v) is 61.0. The molecule has 9 saturated heterocycles. The van der Waals surface area contributed by atoms with Gasteiger partial charge < -0.3 is 229 Å². The normalized spacial score (nSPS) is 49.3. The van der Waals surface area contributed by atoms with E-state index in [-0.39, 0.29) is 0 Å². The summed E-state index contributed by atoms with van der Waals surface area (Å²) in [5.41, 5.74) is 0. The fourth-order valence-corrected chi connectivity index (χ4v) is 14.7. The van der Waals surface area contributed by atoms with E-state index in [9.17, 15) is 147 Å². The monoisotopic (exact) mass is 1650 g/mol. The van der Waals surface area contributed by atoms with E-state index in [2.05, 4.69) is 21.3 Å². The quantitative estimate of drug-likeness (QED) is 0.0309. The molecule has 0 bridgehead atoms. The smallest absolute Gasteiger partial charge is 0.226 e. The predicted molar refractivity (Wildman–Crippen MR) is 348 cm³/mol. The number of aliphatic hydroxyl groups is 25. The van der Waals surface area contributed by atoms with Gasteiger partial charge in [-0.25, -0.2) is 0 Å². The van der Waals surface area contributed by atoms with Crippen LogP contribution in [0.4, 0.5) is 0 Å². The first kappa shape index (κ1) is 93.1. The van der Waals surface area contributed by atoms with E-state index < -0.39 is 359 Å². The summed E-state index contributed by atoms with van der Waals surface area (Å²) in [5, 5.41) is 289. The summed E-state index contributed by atoms with van der Waals surface area (Å²) in [4.78, 5) is 51.1. The molecule has 4 amide bonds. The summed E-state index contributed by atoms with van der Waals surface area (Å²) in [6, 6.07) is -7.30. The third kappa shape index (κ3) is 20.1. The largest absolute Gasteiger partial charge is 0.394 e. The molecule has 9 aliphatic heterocycles. The molecule has 9 aliphatic rings.